The van der Waals surface area contributed by atoms with Gasteiger partial charge in [-0.15, -0.1) is 0 Å². The van der Waals surface area contributed by atoms with Gasteiger partial charge in [0.25, 0.3) is 11.8 Å². The lowest BCUT2D eigenvalue weighted by Gasteiger charge is -2.38. The Balaban J connectivity index is 1.51. The molecule has 0 saturated carbocycles. The molecule has 0 radical (unpaired) electrons. The van der Waals surface area contributed by atoms with Crippen LogP contribution >= 0.6 is 0 Å². The van der Waals surface area contributed by atoms with Gasteiger partial charge in [-0.3, -0.25) is 14.8 Å². The van der Waals surface area contributed by atoms with E-state index in [1.54, 1.807) is 18.2 Å². The van der Waals surface area contributed by atoms with E-state index in [2.05, 4.69) is 15.5 Å². The number of hydrogen-bond donors (Lipinski definition) is 2. The molecule has 4 rings (SSSR count). The first kappa shape index (κ1) is 18.4. The number of rotatable bonds is 5. The molecule has 0 aliphatic carbocycles. The number of nitrogens with zero attached hydrogens (tertiary/aromatic N) is 2. The van der Waals surface area contributed by atoms with Crippen LogP contribution in [0.15, 0.2) is 36.4 Å². The number of amides is 1. The van der Waals surface area contributed by atoms with Crippen LogP contribution < -0.4 is 5.32 Å². The van der Waals surface area contributed by atoms with Crippen LogP contribution in [0.4, 0.5) is 17.6 Å². The van der Waals surface area contributed by atoms with E-state index in [1.807, 2.05) is 0 Å². The molecule has 1 amide bonds. The van der Waals surface area contributed by atoms with Gasteiger partial charge in [0, 0.05) is 24.0 Å². The number of halogens is 4. The van der Waals surface area contributed by atoms with Crippen LogP contribution in [0.5, 0.6) is 0 Å². The highest BCUT2D eigenvalue weighted by atomic mass is 19.3. The first-order valence-corrected chi connectivity index (χ1v) is 8.65. The summed E-state index contributed by atoms with van der Waals surface area (Å²) in [6.07, 6.45) is 0. The number of likely N-dealkylation sites (tertiary alicyclic amines) is 1. The third kappa shape index (κ3) is 3.45. The van der Waals surface area contributed by atoms with E-state index in [0.717, 1.165) is 6.07 Å². The van der Waals surface area contributed by atoms with Crippen molar-refractivity contribution in [1.82, 2.24) is 20.4 Å². The van der Waals surface area contributed by atoms with E-state index in [-0.39, 0.29) is 30.9 Å². The smallest absolute Gasteiger partial charge is 0.272 e. The molecule has 28 heavy (non-hydrogen) atoms. The molecule has 0 spiro atoms. The summed E-state index contributed by atoms with van der Waals surface area (Å²) in [5, 5.41) is 9.80. The van der Waals surface area contributed by atoms with Crippen molar-refractivity contribution in [2.75, 3.05) is 26.2 Å². The SMILES string of the molecule is O=C(NCCN1CC(F)(F)C1)c1n[nH]c2ccc(-c3cccc(F)c3F)cc12. The summed E-state index contributed by atoms with van der Waals surface area (Å²) in [5.41, 5.74) is 1.15. The second kappa shape index (κ2) is 6.90. The van der Waals surface area contributed by atoms with Crippen molar-refractivity contribution >= 4 is 16.8 Å². The highest BCUT2D eigenvalue weighted by Gasteiger charge is 2.43. The predicted molar refractivity (Wildman–Crippen MR) is 95.2 cm³/mol. The Labute approximate surface area is 157 Å². The van der Waals surface area contributed by atoms with Gasteiger partial charge in [-0.2, -0.15) is 5.10 Å². The standard InChI is InChI=1S/C19H16F4N4O/c20-14-3-1-2-12(16(14)21)11-4-5-15-13(8-11)17(26-25-15)18(28)24-6-7-27-9-19(22,23)10-27/h1-5,8H,6-7,9-10H2,(H,24,28)(H,25,26). The molecule has 2 aromatic carbocycles. The quantitative estimate of drug-likeness (QED) is 0.656. The Hall–Kier alpha value is -2.94. The lowest BCUT2D eigenvalue weighted by molar-refractivity contribution is -0.129. The maximum Gasteiger partial charge on any atom is 0.272 e. The third-order valence-corrected chi connectivity index (χ3v) is 4.66. The topological polar surface area (TPSA) is 61.0 Å². The molecule has 0 bridgehead atoms. The van der Waals surface area contributed by atoms with Crippen molar-refractivity contribution in [3.8, 4) is 11.1 Å². The maximum atomic E-state index is 14.1. The Bertz CT molecular complexity index is 1040. The lowest BCUT2D eigenvalue weighted by atomic mass is 10.0. The molecule has 5 nitrogen and oxygen atoms in total. The van der Waals surface area contributed by atoms with Crippen LogP contribution in [-0.4, -0.2) is 53.1 Å². The Morgan fingerprint density at radius 1 is 1.21 bits per heavy atom. The summed E-state index contributed by atoms with van der Waals surface area (Å²) >= 11 is 0. The van der Waals surface area contributed by atoms with Gasteiger partial charge < -0.3 is 5.32 Å². The molecule has 3 aromatic rings. The fourth-order valence-electron chi connectivity index (χ4n) is 3.26. The molecule has 0 unspecified atom stereocenters. The molecular formula is C19H16F4N4O. The molecule has 2 heterocycles. The molecule has 146 valence electrons. The zero-order valence-electron chi connectivity index (χ0n) is 14.6. The van der Waals surface area contributed by atoms with E-state index in [1.165, 1.54) is 17.0 Å². The van der Waals surface area contributed by atoms with E-state index >= 15 is 0 Å². The van der Waals surface area contributed by atoms with Gasteiger partial charge in [0.2, 0.25) is 0 Å². The molecule has 1 aliphatic rings. The summed E-state index contributed by atoms with van der Waals surface area (Å²) in [5.74, 6) is -5.05. The van der Waals surface area contributed by atoms with Crippen LogP contribution in [0, 0.1) is 11.6 Å². The summed E-state index contributed by atoms with van der Waals surface area (Å²) in [4.78, 5) is 13.9. The number of H-pyrrole nitrogens is 1. The summed E-state index contributed by atoms with van der Waals surface area (Å²) < 4.78 is 53.2. The van der Waals surface area contributed by atoms with Crippen molar-refractivity contribution in [2.24, 2.45) is 0 Å². The van der Waals surface area contributed by atoms with Crippen molar-refractivity contribution in [3.63, 3.8) is 0 Å². The average Bonchev–Trinajstić information content (AvgIpc) is 3.05. The number of alkyl halides is 2. The average molecular weight is 392 g/mol. The van der Waals surface area contributed by atoms with Crippen LogP contribution in [0.2, 0.25) is 0 Å². The fourth-order valence-corrected chi connectivity index (χ4v) is 3.26. The molecule has 0 atom stereocenters. The maximum absolute atomic E-state index is 14.1. The second-order valence-electron chi connectivity index (χ2n) is 6.76. The Kier molecular flexibility index (Phi) is 4.54. The van der Waals surface area contributed by atoms with Gasteiger partial charge in [0.05, 0.1) is 18.6 Å². The largest absolute Gasteiger partial charge is 0.349 e. The minimum absolute atomic E-state index is 0.0770. The highest BCUT2D eigenvalue weighted by molar-refractivity contribution is 6.05. The number of benzene rings is 2. The van der Waals surface area contributed by atoms with Gasteiger partial charge in [0.15, 0.2) is 17.3 Å². The first-order chi connectivity index (χ1) is 13.3. The van der Waals surface area contributed by atoms with E-state index in [4.69, 9.17) is 0 Å². The van der Waals surface area contributed by atoms with Gasteiger partial charge in [-0.1, -0.05) is 18.2 Å². The van der Waals surface area contributed by atoms with Crippen LogP contribution in [-0.2, 0) is 0 Å². The van der Waals surface area contributed by atoms with Crippen LogP contribution in [0.1, 0.15) is 10.5 Å². The number of fused-ring (bicyclic) bond motifs is 1. The fraction of sp³-hybridized carbons (Fsp3) is 0.263. The normalized spacial score (nSPS) is 16.1. The highest BCUT2D eigenvalue weighted by Crippen LogP contribution is 2.28. The Morgan fingerprint density at radius 3 is 2.75 bits per heavy atom. The number of hydrogen-bond acceptors (Lipinski definition) is 3. The summed E-state index contributed by atoms with van der Waals surface area (Å²) in [7, 11) is 0. The molecule has 9 heteroatoms. The number of carbonyl (C=O) groups excluding carboxylic acids is 1. The minimum Gasteiger partial charge on any atom is -0.349 e. The van der Waals surface area contributed by atoms with E-state index < -0.39 is 23.5 Å². The number of aromatic amines is 1. The van der Waals surface area contributed by atoms with Gasteiger partial charge >= 0.3 is 0 Å². The molecule has 1 saturated heterocycles. The van der Waals surface area contributed by atoms with Crippen LogP contribution in [0.3, 0.4) is 0 Å². The molecule has 1 aliphatic heterocycles. The number of aromatic nitrogens is 2. The molecule has 2 N–H and O–H groups in total. The van der Waals surface area contributed by atoms with Gasteiger partial charge in [0.1, 0.15) is 0 Å². The van der Waals surface area contributed by atoms with Crippen molar-refractivity contribution < 1.29 is 22.4 Å². The Morgan fingerprint density at radius 2 is 2.00 bits per heavy atom. The van der Waals surface area contributed by atoms with E-state index in [9.17, 15) is 22.4 Å². The molecule has 1 fully saturated rings. The first-order valence-electron chi connectivity index (χ1n) is 8.65. The predicted octanol–water partition coefficient (Wildman–Crippen LogP) is 3.19. The van der Waals surface area contributed by atoms with E-state index in [0.29, 0.717) is 23.0 Å². The van der Waals surface area contributed by atoms with Gasteiger partial charge in [-0.25, -0.2) is 17.6 Å². The zero-order valence-corrected chi connectivity index (χ0v) is 14.6. The minimum atomic E-state index is -2.65. The van der Waals surface area contributed by atoms with Crippen molar-refractivity contribution in [3.05, 3.63) is 53.7 Å². The lowest BCUT2D eigenvalue weighted by Crippen LogP contribution is -2.57. The molecular weight excluding hydrogens is 376 g/mol. The second-order valence-corrected chi connectivity index (χ2v) is 6.76. The monoisotopic (exact) mass is 392 g/mol. The summed E-state index contributed by atoms with van der Waals surface area (Å²) in [6.45, 7) is -0.113. The third-order valence-electron chi connectivity index (χ3n) is 4.66. The van der Waals surface area contributed by atoms with Gasteiger partial charge in [-0.05, 0) is 23.8 Å². The molecule has 1 aromatic heterocycles. The van der Waals surface area contributed by atoms with Crippen LogP contribution in [0.25, 0.3) is 22.0 Å². The zero-order chi connectivity index (χ0) is 19.9. The number of carbonyl (C=O) groups is 1. The van der Waals surface area contributed by atoms with Crippen molar-refractivity contribution in [1.29, 1.82) is 0 Å². The summed E-state index contributed by atoms with van der Waals surface area (Å²) in [6, 6.07) is 8.66. The van der Waals surface area contributed by atoms with Crippen molar-refractivity contribution in [2.45, 2.75) is 5.92 Å². The number of nitrogens with one attached hydrogen (secondary N) is 2.